The summed E-state index contributed by atoms with van der Waals surface area (Å²) in [6, 6.07) is 8.45. The zero-order valence-electron chi connectivity index (χ0n) is 19.5. The number of halogens is 4. The molecule has 1 aliphatic heterocycles. The molecule has 2 amide bonds. The molecule has 10 heteroatoms. The van der Waals surface area contributed by atoms with E-state index in [-0.39, 0.29) is 28.3 Å². The van der Waals surface area contributed by atoms with E-state index in [0.717, 1.165) is 23.2 Å². The summed E-state index contributed by atoms with van der Waals surface area (Å²) in [4.78, 5) is 25.5. The SMILES string of the molecule is CNC(=O)c1ccc(N2N(c3ccc(C#N)c(C(F)(F)F)c3)C(=O)C23CCC(C)(C)CC3)cc1F. The van der Waals surface area contributed by atoms with E-state index in [1.165, 1.54) is 36.3 Å². The highest BCUT2D eigenvalue weighted by Crippen LogP contribution is 2.52. The lowest BCUT2D eigenvalue weighted by atomic mass is 9.66. The molecule has 1 saturated heterocycles. The highest BCUT2D eigenvalue weighted by Gasteiger charge is 2.61. The van der Waals surface area contributed by atoms with Gasteiger partial charge in [0.15, 0.2) is 0 Å². The second-order valence-corrected chi connectivity index (χ2v) is 9.71. The van der Waals surface area contributed by atoms with Gasteiger partial charge in [-0.05, 0) is 67.5 Å². The molecule has 35 heavy (non-hydrogen) atoms. The third-order valence-corrected chi connectivity index (χ3v) is 6.97. The van der Waals surface area contributed by atoms with Gasteiger partial charge in [0.05, 0.1) is 34.1 Å². The van der Waals surface area contributed by atoms with Gasteiger partial charge >= 0.3 is 6.18 Å². The van der Waals surface area contributed by atoms with E-state index in [4.69, 9.17) is 5.26 Å². The summed E-state index contributed by atoms with van der Waals surface area (Å²) in [7, 11) is 1.37. The molecule has 2 aromatic rings. The molecule has 0 unspecified atom stereocenters. The first-order valence-electron chi connectivity index (χ1n) is 11.1. The van der Waals surface area contributed by atoms with E-state index in [1.54, 1.807) is 0 Å². The first-order valence-corrected chi connectivity index (χ1v) is 11.1. The Morgan fingerprint density at radius 2 is 1.69 bits per heavy atom. The molecule has 6 nitrogen and oxygen atoms in total. The molecule has 2 fully saturated rings. The molecule has 1 aliphatic carbocycles. The molecule has 2 aliphatic rings. The lowest BCUT2D eigenvalue weighted by Crippen LogP contribution is -2.79. The first-order chi connectivity index (χ1) is 16.3. The van der Waals surface area contributed by atoms with Crippen LogP contribution >= 0.6 is 0 Å². The summed E-state index contributed by atoms with van der Waals surface area (Å²) in [6.07, 6.45) is -2.52. The fraction of sp³-hybridized carbons (Fsp3) is 0.400. The van der Waals surface area contributed by atoms with Crippen LogP contribution in [-0.2, 0) is 11.0 Å². The van der Waals surface area contributed by atoms with Gasteiger partial charge in [0, 0.05) is 7.05 Å². The summed E-state index contributed by atoms with van der Waals surface area (Å²) < 4.78 is 55.7. The van der Waals surface area contributed by atoms with E-state index in [0.29, 0.717) is 25.7 Å². The number of nitrogens with one attached hydrogen (secondary N) is 1. The lowest BCUT2D eigenvalue weighted by molar-refractivity contribution is -0.138. The molecular formula is C25H24F4N4O2. The molecule has 1 saturated carbocycles. The summed E-state index contributed by atoms with van der Waals surface area (Å²) in [6.45, 7) is 4.16. The lowest BCUT2D eigenvalue weighted by Gasteiger charge is -2.62. The summed E-state index contributed by atoms with van der Waals surface area (Å²) >= 11 is 0. The largest absolute Gasteiger partial charge is 0.417 e. The Bertz CT molecular complexity index is 1240. The van der Waals surface area contributed by atoms with Crippen LogP contribution in [0.4, 0.5) is 28.9 Å². The van der Waals surface area contributed by atoms with Crippen LogP contribution in [0.2, 0.25) is 0 Å². The number of nitrogens with zero attached hydrogens (tertiary/aromatic N) is 3. The van der Waals surface area contributed by atoms with Crippen LogP contribution in [0.25, 0.3) is 0 Å². The highest BCUT2D eigenvalue weighted by molar-refractivity contribution is 6.13. The standard InChI is InChI=1S/C25H24F4N4O2/c1-23(2)8-10-24(11-9-23)22(35)32(16-5-4-15(14-30)19(12-16)25(27,28)29)33(24)17-6-7-18(20(26)13-17)21(34)31-3/h4-7,12-13H,8-11H2,1-3H3,(H,31,34). The van der Waals surface area contributed by atoms with E-state index in [9.17, 15) is 27.2 Å². The topological polar surface area (TPSA) is 76.4 Å². The minimum Gasteiger partial charge on any atom is -0.355 e. The maximum absolute atomic E-state index is 14.9. The quantitative estimate of drug-likeness (QED) is 0.604. The van der Waals surface area contributed by atoms with E-state index < -0.39 is 34.6 Å². The number of hydrogen-bond donors (Lipinski definition) is 1. The van der Waals surface area contributed by atoms with E-state index in [2.05, 4.69) is 19.2 Å². The van der Waals surface area contributed by atoms with Crippen molar-refractivity contribution in [1.29, 1.82) is 5.26 Å². The van der Waals surface area contributed by atoms with Gasteiger partial charge in [-0.3, -0.25) is 14.6 Å². The number of hydrazine groups is 1. The molecule has 0 radical (unpaired) electrons. The Labute approximate surface area is 200 Å². The van der Waals surface area contributed by atoms with Crippen LogP contribution in [0.1, 0.15) is 61.0 Å². The van der Waals surface area contributed by atoms with Crippen LogP contribution in [0.3, 0.4) is 0 Å². The Morgan fingerprint density at radius 3 is 2.23 bits per heavy atom. The number of amides is 2. The number of alkyl halides is 3. The molecule has 4 rings (SSSR count). The summed E-state index contributed by atoms with van der Waals surface area (Å²) in [5.41, 5.74) is -2.79. The number of carbonyl (C=O) groups excluding carboxylic acids is 2. The molecule has 0 bridgehead atoms. The van der Waals surface area contributed by atoms with Crippen molar-refractivity contribution in [3.05, 3.63) is 58.9 Å². The van der Waals surface area contributed by atoms with Crippen LogP contribution < -0.4 is 15.3 Å². The van der Waals surface area contributed by atoms with Crippen molar-refractivity contribution in [2.24, 2.45) is 5.41 Å². The van der Waals surface area contributed by atoms with Crippen LogP contribution in [0, 0.1) is 22.6 Å². The second kappa shape index (κ2) is 8.26. The fourth-order valence-corrected chi connectivity index (χ4v) is 4.84. The van der Waals surface area contributed by atoms with E-state index >= 15 is 0 Å². The van der Waals surface area contributed by atoms with Crippen molar-refractivity contribution in [2.45, 2.75) is 51.2 Å². The third-order valence-electron chi connectivity index (χ3n) is 6.97. The average Bonchev–Trinajstić information content (AvgIpc) is 2.81. The van der Waals surface area contributed by atoms with Crippen molar-refractivity contribution in [1.82, 2.24) is 5.32 Å². The fourth-order valence-electron chi connectivity index (χ4n) is 4.84. The van der Waals surface area contributed by atoms with Crippen molar-refractivity contribution in [3.8, 4) is 6.07 Å². The van der Waals surface area contributed by atoms with Gasteiger partial charge < -0.3 is 5.32 Å². The van der Waals surface area contributed by atoms with Crippen molar-refractivity contribution in [2.75, 3.05) is 17.1 Å². The molecule has 0 atom stereocenters. The minimum absolute atomic E-state index is 0.0101. The Kier molecular flexibility index (Phi) is 5.78. The minimum atomic E-state index is -4.80. The van der Waals surface area contributed by atoms with E-state index in [1.807, 2.05) is 0 Å². The monoisotopic (exact) mass is 488 g/mol. The summed E-state index contributed by atoms with van der Waals surface area (Å²) in [5.74, 6) is -1.83. The zero-order chi connectivity index (χ0) is 25.8. The Balaban J connectivity index is 1.83. The molecule has 1 spiro atoms. The molecule has 1 heterocycles. The van der Waals surface area contributed by atoms with Gasteiger partial charge in [-0.15, -0.1) is 0 Å². The Morgan fingerprint density at radius 1 is 1.06 bits per heavy atom. The predicted molar refractivity (Wildman–Crippen MR) is 121 cm³/mol. The zero-order valence-corrected chi connectivity index (χ0v) is 19.5. The molecule has 184 valence electrons. The van der Waals surface area contributed by atoms with Crippen molar-refractivity contribution >= 4 is 23.2 Å². The maximum Gasteiger partial charge on any atom is 0.417 e. The van der Waals surface area contributed by atoms with Crippen LogP contribution in [-0.4, -0.2) is 24.4 Å². The van der Waals surface area contributed by atoms with Crippen LogP contribution in [0.5, 0.6) is 0 Å². The molecular weight excluding hydrogens is 464 g/mol. The van der Waals surface area contributed by atoms with Crippen molar-refractivity contribution < 1.29 is 27.2 Å². The smallest absolute Gasteiger partial charge is 0.355 e. The third kappa shape index (κ3) is 3.99. The van der Waals surface area contributed by atoms with Gasteiger partial charge in [0.2, 0.25) is 0 Å². The number of carbonyl (C=O) groups is 2. The first kappa shape index (κ1) is 24.5. The van der Waals surface area contributed by atoms with Gasteiger partial charge in [-0.2, -0.15) is 18.4 Å². The van der Waals surface area contributed by atoms with Gasteiger partial charge in [0.1, 0.15) is 11.4 Å². The predicted octanol–water partition coefficient (Wildman–Crippen LogP) is 5.18. The summed E-state index contributed by atoms with van der Waals surface area (Å²) in [5, 5.41) is 14.1. The normalized spacial score (nSPS) is 18.7. The van der Waals surface area contributed by atoms with Gasteiger partial charge in [0.25, 0.3) is 11.8 Å². The molecule has 1 N–H and O–H groups in total. The van der Waals surface area contributed by atoms with Gasteiger partial charge in [-0.1, -0.05) is 13.8 Å². The second-order valence-electron chi connectivity index (χ2n) is 9.71. The number of nitriles is 1. The molecule has 0 aromatic heterocycles. The Hall–Kier alpha value is -3.61. The van der Waals surface area contributed by atoms with Gasteiger partial charge in [-0.25, -0.2) is 9.40 Å². The molecule has 2 aromatic carbocycles. The number of anilines is 2. The van der Waals surface area contributed by atoms with Crippen molar-refractivity contribution in [3.63, 3.8) is 0 Å². The maximum atomic E-state index is 14.9. The number of benzene rings is 2. The average molecular weight is 488 g/mol. The van der Waals surface area contributed by atoms with Crippen LogP contribution in [0.15, 0.2) is 36.4 Å². The highest BCUT2D eigenvalue weighted by atomic mass is 19.4. The number of hydrogen-bond acceptors (Lipinski definition) is 4. The number of rotatable bonds is 3.